The summed E-state index contributed by atoms with van der Waals surface area (Å²) in [6.07, 6.45) is 3.31. The Morgan fingerprint density at radius 1 is 1.14 bits per heavy atom. The third kappa shape index (κ3) is 7.53. The van der Waals surface area contributed by atoms with Gasteiger partial charge in [-0.25, -0.2) is 13.6 Å². The Labute approximate surface area is 132 Å². The lowest BCUT2D eigenvalue weighted by Gasteiger charge is -2.06. The molecule has 124 valence electrons. The van der Waals surface area contributed by atoms with E-state index in [1.54, 1.807) is 12.1 Å². The van der Waals surface area contributed by atoms with Crippen LogP contribution in [0.1, 0.15) is 31.7 Å². The third-order valence-corrected chi connectivity index (χ3v) is 4.15. The lowest BCUT2D eigenvalue weighted by Crippen LogP contribution is -2.29. The summed E-state index contributed by atoms with van der Waals surface area (Å²) >= 11 is 0. The fourth-order valence-corrected chi connectivity index (χ4v) is 2.41. The topological polar surface area (TPSA) is 101 Å². The lowest BCUT2D eigenvalue weighted by molar-refractivity contribution is -0.121. The van der Waals surface area contributed by atoms with Crippen LogP contribution in [0, 0.1) is 0 Å². The summed E-state index contributed by atoms with van der Waals surface area (Å²) in [6.45, 7) is 4.19. The number of carbonyl (C=O) groups is 1. The Morgan fingerprint density at radius 2 is 1.82 bits per heavy atom. The Balaban J connectivity index is 2.18. The van der Waals surface area contributed by atoms with E-state index in [4.69, 9.17) is 5.14 Å². The summed E-state index contributed by atoms with van der Waals surface area (Å²) < 4.78 is 22.3. The van der Waals surface area contributed by atoms with Gasteiger partial charge in [-0.05, 0) is 37.1 Å². The Hall–Kier alpha value is -1.44. The largest absolute Gasteiger partial charge is 0.356 e. The van der Waals surface area contributed by atoms with Crippen molar-refractivity contribution in [3.05, 3.63) is 29.8 Å². The van der Waals surface area contributed by atoms with Gasteiger partial charge in [-0.1, -0.05) is 25.5 Å². The molecular formula is C15H25N3O3S. The van der Waals surface area contributed by atoms with Gasteiger partial charge < -0.3 is 10.6 Å². The molecule has 1 aromatic rings. The molecule has 0 atom stereocenters. The summed E-state index contributed by atoms with van der Waals surface area (Å²) in [6, 6.07) is 6.51. The fourth-order valence-electron chi connectivity index (χ4n) is 1.90. The maximum absolute atomic E-state index is 11.5. The van der Waals surface area contributed by atoms with E-state index in [0.717, 1.165) is 37.9 Å². The number of amides is 1. The van der Waals surface area contributed by atoms with Crippen molar-refractivity contribution in [3.8, 4) is 0 Å². The number of hydrogen-bond acceptors (Lipinski definition) is 4. The van der Waals surface area contributed by atoms with Gasteiger partial charge in [-0.3, -0.25) is 4.79 Å². The van der Waals surface area contributed by atoms with E-state index < -0.39 is 10.0 Å². The molecule has 7 heteroatoms. The number of nitrogens with one attached hydrogen (secondary N) is 2. The van der Waals surface area contributed by atoms with Crippen molar-refractivity contribution < 1.29 is 13.2 Å². The number of unbranched alkanes of at least 4 members (excludes halogenated alkanes) is 1. The number of hydrogen-bond donors (Lipinski definition) is 3. The second-order valence-corrected chi connectivity index (χ2v) is 6.70. The molecule has 0 bridgehead atoms. The summed E-state index contributed by atoms with van der Waals surface area (Å²) in [5, 5.41) is 11.1. The fraction of sp³-hybridized carbons (Fsp3) is 0.533. The summed E-state index contributed by atoms with van der Waals surface area (Å²) in [4.78, 5) is 11.6. The highest BCUT2D eigenvalue weighted by Gasteiger charge is 2.06. The Bertz CT molecular complexity index is 556. The van der Waals surface area contributed by atoms with E-state index in [2.05, 4.69) is 17.6 Å². The van der Waals surface area contributed by atoms with Crippen molar-refractivity contribution in [2.45, 2.75) is 37.5 Å². The van der Waals surface area contributed by atoms with Crippen LogP contribution in [0.15, 0.2) is 29.2 Å². The number of carbonyl (C=O) groups excluding carboxylic acids is 1. The molecule has 22 heavy (non-hydrogen) atoms. The minimum absolute atomic E-state index is 0.0680. The zero-order valence-electron chi connectivity index (χ0n) is 13.0. The summed E-state index contributed by atoms with van der Waals surface area (Å²) in [5.74, 6) is 0.0680. The van der Waals surface area contributed by atoms with E-state index in [-0.39, 0.29) is 10.8 Å². The van der Waals surface area contributed by atoms with Gasteiger partial charge in [0.05, 0.1) is 4.90 Å². The molecule has 1 rings (SSSR count). The number of benzene rings is 1. The van der Waals surface area contributed by atoms with Gasteiger partial charge in [0.2, 0.25) is 15.9 Å². The van der Waals surface area contributed by atoms with Gasteiger partial charge in [0, 0.05) is 19.5 Å². The highest BCUT2D eigenvalue weighted by Crippen LogP contribution is 2.08. The number of primary sulfonamides is 1. The zero-order valence-corrected chi connectivity index (χ0v) is 13.8. The van der Waals surface area contributed by atoms with Crippen LogP contribution in [-0.2, 0) is 21.2 Å². The molecule has 0 heterocycles. The summed E-state index contributed by atoms with van der Waals surface area (Å²) in [7, 11) is -3.63. The first-order valence-electron chi connectivity index (χ1n) is 7.52. The third-order valence-electron chi connectivity index (χ3n) is 3.22. The molecule has 0 aromatic heterocycles. The first kappa shape index (κ1) is 18.6. The molecule has 0 saturated heterocycles. The maximum atomic E-state index is 11.5. The molecule has 0 unspecified atom stereocenters. The minimum atomic E-state index is -3.63. The molecule has 0 spiro atoms. The molecule has 1 amide bonds. The number of nitrogens with two attached hydrogens (primary N) is 1. The summed E-state index contributed by atoms with van der Waals surface area (Å²) in [5.41, 5.74) is 1.02. The molecule has 0 aliphatic heterocycles. The SMILES string of the molecule is CCCCNC(=O)CCNCCc1ccc(S(N)(=O)=O)cc1. The van der Waals surface area contributed by atoms with Crippen LogP contribution in [0.5, 0.6) is 0 Å². The second-order valence-electron chi connectivity index (χ2n) is 5.14. The first-order chi connectivity index (χ1) is 10.4. The second kappa shape index (κ2) is 9.55. The van der Waals surface area contributed by atoms with Crippen molar-refractivity contribution >= 4 is 15.9 Å². The van der Waals surface area contributed by atoms with Gasteiger partial charge in [0.25, 0.3) is 0 Å². The maximum Gasteiger partial charge on any atom is 0.238 e. The predicted molar refractivity (Wildman–Crippen MR) is 86.9 cm³/mol. The Morgan fingerprint density at radius 3 is 2.41 bits per heavy atom. The van der Waals surface area contributed by atoms with Crippen LogP contribution >= 0.6 is 0 Å². The van der Waals surface area contributed by atoms with Gasteiger partial charge in [-0.15, -0.1) is 0 Å². The normalized spacial score (nSPS) is 11.4. The van der Waals surface area contributed by atoms with Gasteiger partial charge >= 0.3 is 0 Å². The molecule has 0 aliphatic carbocycles. The highest BCUT2D eigenvalue weighted by atomic mass is 32.2. The van der Waals surface area contributed by atoms with Crippen molar-refractivity contribution in [2.24, 2.45) is 5.14 Å². The van der Waals surface area contributed by atoms with Crippen molar-refractivity contribution in [3.63, 3.8) is 0 Å². The molecular weight excluding hydrogens is 302 g/mol. The van der Waals surface area contributed by atoms with Crippen molar-refractivity contribution in [1.82, 2.24) is 10.6 Å². The number of sulfonamides is 1. The molecule has 0 radical (unpaired) electrons. The van der Waals surface area contributed by atoms with Crippen LogP contribution in [0.3, 0.4) is 0 Å². The van der Waals surface area contributed by atoms with Crippen LogP contribution in [0.4, 0.5) is 0 Å². The number of rotatable bonds is 10. The molecule has 0 saturated carbocycles. The monoisotopic (exact) mass is 327 g/mol. The lowest BCUT2D eigenvalue weighted by atomic mass is 10.1. The van der Waals surface area contributed by atoms with E-state index in [1.807, 2.05) is 0 Å². The quantitative estimate of drug-likeness (QED) is 0.553. The van der Waals surface area contributed by atoms with E-state index >= 15 is 0 Å². The van der Waals surface area contributed by atoms with Crippen LogP contribution in [-0.4, -0.2) is 34.0 Å². The van der Waals surface area contributed by atoms with Crippen molar-refractivity contribution in [1.29, 1.82) is 0 Å². The van der Waals surface area contributed by atoms with E-state index in [1.165, 1.54) is 12.1 Å². The molecule has 0 fully saturated rings. The highest BCUT2D eigenvalue weighted by molar-refractivity contribution is 7.89. The average Bonchev–Trinajstić information content (AvgIpc) is 2.47. The van der Waals surface area contributed by atoms with Crippen LogP contribution in [0.2, 0.25) is 0 Å². The predicted octanol–water partition coefficient (Wildman–Crippen LogP) is 0.773. The van der Waals surface area contributed by atoms with Crippen molar-refractivity contribution in [2.75, 3.05) is 19.6 Å². The zero-order chi connectivity index (χ0) is 16.4. The Kier molecular flexibility index (Phi) is 8.08. The van der Waals surface area contributed by atoms with Gasteiger partial charge in [0.1, 0.15) is 0 Å². The minimum Gasteiger partial charge on any atom is -0.356 e. The van der Waals surface area contributed by atoms with E-state index in [0.29, 0.717) is 13.0 Å². The van der Waals surface area contributed by atoms with Gasteiger partial charge in [-0.2, -0.15) is 0 Å². The van der Waals surface area contributed by atoms with E-state index in [9.17, 15) is 13.2 Å². The molecule has 0 aliphatic rings. The van der Waals surface area contributed by atoms with Crippen LogP contribution < -0.4 is 15.8 Å². The standard InChI is InChI=1S/C15H25N3O3S/c1-2-3-10-18-15(19)9-12-17-11-8-13-4-6-14(7-5-13)22(16,20)21/h4-7,17H,2-3,8-12H2,1H3,(H,18,19)(H2,16,20,21). The van der Waals surface area contributed by atoms with Gasteiger partial charge in [0.15, 0.2) is 0 Å². The average molecular weight is 327 g/mol. The molecule has 6 nitrogen and oxygen atoms in total. The molecule has 1 aromatic carbocycles. The smallest absolute Gasteiger partial charge is 0.238 e. The molecule has 4 N–H and O–H groups in total. The first-order valence-corrected chi connectivity index (χ1v) is 9.07. The van der Waals surface area contributed by atoms with Crippen LogP contribution in [0.25, 0.3) is 0 Å².